The first-order chi connectivity index (χ1) is 14.9. The monoisotopic (exact) mass is 464 g/mol. The number of aromatic nitrogens is 2. The van der Waals surface area contributed by atoms with Gasteiger partial charge in [-0.1, -0.05) is 17.7 Å². The van der Waals surface area contributed by atoms with Gasteiger partial charge in [0.15, 0.2) is 0 Å². The summed E-state index contributed by atoms with van der Waals surface area (Å²) in [6.45, 7) is 0.652. The SMILES string of the molecule is COc1ccc(C2(O)CN(c3nc4c(c(NC5(CO)CCC5)n3)S(=O)CC4)C2)cc1Cl. The molecule has 3 aliphatic rings. The molecule has 0 spiro atoms. The first-order valence-electron chi connectivity index (χ1n) is 10.4. The van der Waals surface area contributed by atoms with Gasteiger partial charge in [0.1, 0.15) is 22.1 Å². The zero-order valence-corrected chi connectivity index (χ0v) is 18.8. The molecule has 1 atom stereocenters. The van der Waals surface area contributed by atoms with E-state index in [0.29, 0.717) is 58.3 Å². The Balaban J connectivity index is 1.41. The van der Waals surface area contributed by atoms with Crippen LogP contribution in [-0.2, 0) is 22.8 Å². The topological polar surface area (TPSA) is 108 Å². The van der Waals surface area contributed by atoms with Gasteiger partial charge in [0.25, 0.3) is 0 Å². The van der Waals surface area contributed by atoms with E-state index in [4.69, 9.17) is 16.3 Å². The minimum atomic E-state index is -1.14. The summed E-state index contributed by atoms with van der Waals surface area (Å²) in [6.07, 6.45) is 3.38. The fourth-order valence-electron chi connectivity index (χ4n) is 4.45. The van der Waals surface area contributed by atoms with Crippen LogP contribution in [0.15, 0.2) is 23.1 Å². The number of benzene rings is 1. The average Bonchev–Trinajstić information content (AvgIpc) is 3.09. The van der Waals surface area contributed by atoms with Crippen LogP contribution >= 0.6 is 11.6 Å². The molecule has 1 aromatic carbocycles. The van der Waals surface area contributed by atoms with Crippen LogP contribution in [0.4, 0.5) is 11.8 Å². The van der Waals surface area contributed by atoms with Crippen LogP contribution in [0.3, 0.4) is 0 Å². The minimum Gasteiger partial charge on any atom is -0.495 e. The van der Waals surface area contributed by atoms with Crippen molar-refractivity contribution >= 4 is 34.2 Å². The van der Waals surface area contributed by atoms with Gasteiger partial charge in [-0.15, -0.1) is 0 Å². The Kier molecular flexibility index (Phi) is 5.12. The van der Waals surface area contributed by atoms with Gasteiger partial charge in [-0.25, -0.2) is 4.98 Å². The third-order valence-electron chi connectivity index (χ3n) is 6.55. The molecule has 166 valence electrons. The van der Waals surface area contributed by atoms with Crippen molar-refractivity contribution in [2.24, 2.45) is 0 Å². The summed E-state index contributed by atoms with van der Waals surface area (Å²) in [7, 11) is 0.407. The third kappa shape index (κ3) is 3.47. The lowest BCUT2D eigenvalue weighted by molar-refractivity contribution is 0.00648. The second kappa shape index (κ2) is 7.58. The van der Waals surface area contributed by atoms with E-state index < -0.39 is 21.9 Å². The Morgan fingerprint density at radius 2 is 2.10 bits per heavy atom. The van der Waals surface area contributed by atoms with Crippen molar-refractivity contribution in [2.45, 2.75) is 41.7 Å². The van der Waals surface area contributed by atoms with Crippen molar-refractivity contribution in [1.29, 1.82) is 0 Å². The van der Waals surface area contributed by atoms with Gasteiger partial charge < -0.3 is 25.2 Å². The van der Waals surface area contributed by atoms with E-state index >= 15 is 0 Å². The summed E-state index contributed by atoms with van der Waals surface area (Å²) < 4.78 is 17.7. The number of hydrogen-bond donors (Lipinski definition) is 3. The molecule has 0 amide bonds. The van der Waals surface area contributed by atoms with Gasteiger partial charge in [0, 0.05) is 12.2 Å². The van der Waals surface area contributed by atoms with Gasteiger partial charge in [-0.05, 0) is 37.0 Å². The highest BCUT2D eigenvalue weighted by Gasteiger charge is 2.45. The number of ether oxygens (including phenoxy) is 1. The van der Waals surface area contributed by atoms with Crippen LogP contribution in [0.25, 0.3) is 0 Å². The predicted octanol–water partition coefficient (Wildman–Crippen LogP) is 1.84. The Hall–Kier alpha value is -1.94. The first-order valence-corrected chi connectivity index (χ1v) is 12.1. The van der Waals surface area contributed by atoms with E-state index in [1.54, 1.807) is 19.2 Å². The molecule has 1 saturated heterocycles. The summed E-state index contributed by atoms with van der Waals surface area (Å²) >= 11 is 6.23. The number of methoxy groups -OCH3 is 1. The molecule has 1 saturated carbocycles. The smallest absolute Gasteiger partial charge is 0.227 e. The molecule has 1 unspecified atom stereocenters. The van der Waals surface area contributed by atoms with Gasteiger partial charge in [0.05, 0.1) is 53.9 Å². The Bertz CT molecular complexity index is 1050. The number of nitrogens with one attached hydrogen (secondary N) is 1. The largest absolute Gasteiger partial charge is 0.495 e. The van der Waals surface area contributed by atoms with Crippen LogP contribution in [0.1, 0.15) is 30.5 Å². The van der Waals surface area contributed by atoms with Crippen LogP contribution < -0.4 is 15.0 Å². The Morgan fingerprint density at radius 3 is 2.71 bits per heavy atom. The number of aryl methyl sites for hydroxylation is 1. The maximum atomic E-state index is 12.6. The summed E-state index contributed by atoms with van der Waals surface area (Å²) in [5, 5.41) is 24.8. The van der Waals surface area contributed by atoms with Gasteiger partial charge in [-0.2, -0.15) is 4.98 Å². The summed E-state index contributed by atoms with van der Waals surface area (Å²) in [4.78, 5) is 11.9. The fraction of sp³-hybridized carbons (Fsp3) is 0.524. The van der Waals surface area contributed by atoms with Gasteiger partial charge >= 0.3 is 0 Å². The van der Waals surface area contributed by atoms with Crippen molar-refractivity contribution in [2.75, 3.05) is 42.8 Å². The number of β-amino-alcohol motifs (C(OH)–C–C–N with tert-alkyl or cyclic N) is 1. The number of anilines is 2. The number of rotatable bonds is 6. The summed E-state index contributed by atoms with van der Waals surface area (Å²) in [6, 6.07) is 5.27. The standard InChI is InChI=1S/C21H25ClN4O4S/c1-30-16-4-3-13(9-14(16)22)21(28)10-26(11-21)19-23-15-5-8-31(29)17(15)18(24-19)25-20(12-27)6-2-7-20/h3-4,9,27-28H,2,5-8,10-12H2,1H3,(H,23,24,25). The lowest BCUT2D eigenvalue weighted by Gasteiger charge is -2.47. The lowest BCUT2D eigenvalue weighted by atomic mass is 9.77. The Morgan fingerprint density at radius 1 is 1.32 bits per heavy atom. The molecule has 2 fully saturated rings. The second-order valence-corrected chi connectivity index (χ2v) is 10.5. The molecule has 1 aromatic heterocycles. The molecule has 8 nitrogen and oxygen atoms in total. The first kappa shape index (κ1) is 20.9. The van der Waals surface area contributed by atoms with Crippen LogP contribution in [0.2, 0.25) is 5.02 Å². The molecule has 5 rings (SSSR count). The molecule has 0 bridgehead atoms. The predicted molar refractivity (Wildman–Crippen MR) is 118 cm³/mol. The number of hydrogen-bond acceptors (Lipinski definition) is 8. The molecule has 2 aliphatic heterocycles. The molecular formula is C21H25ClN4O4S. The van der Waals surface area contributed by atoms with E-state index in [2.05, 4.69) is 15.3 Å². The number of nitrogens with zero attached hydrogens (tertiary/aromatic N) is 3. The molecule has 2 aromatic rings. The maximum Gasteiger partial charge on any atom is 0.227 e. The summed E-state index contributed by atoms with van der Waals surface area (Å²) in [5.74, 6) is 2.14. The minimum absolute atomic E-state index is 0.00936. The van der Waals surface area contributed by atoms with E-state index in [1.165, 1.54) is 0 Å². The highest BCUT2D eigenvalue weighted by atomic mass is 35.5. The number of halogens is 1. The number of aliphatic hydroxyl groups is 2. The van der Waals surface area contributed by atoms with E-state index in [9.17, 15) is 14.4 Å². The van der Waals surface area contributed by atoms with Crippen molar-refractivity contribution in [3.63, 3.8) is 0 Å². The number of fused-ring (bicyclic) bond motifs is 1. The molecule has 1 aliphatic carbocycles. The van der Waals surface area contributed by atoms with Crippen LogP contribution in [-0.4, -0.2) is 62.5 Å². The molecule has 31 heavy (non-hydrogen) atoms. The van der Waals surface area contributed by atoms with E-state index in [0.717, 1.165) is 25.0 Å². The molecular weight excluding hydrogens is 440 g/mol. The fourth-order valence-corrected chi connectivity index (χ4v) is 6.02. The zero-order valence-electron chi connectivity index (χ0n) is 17.2. The summed E-state index contributed by atoms with van der Waals surface area (Å²) in [5.41, 5.74) is 0.0292. The van der Waals surface area contributed by atoms with Crippen molar-refractivity contribution in [1.82, 2.24) is 9.97 Å². The highest BCUT2D eigenvalue weighted by Crippen LogP contribution is 2.41. The van der Waals surface area contributed by atoms with Crippen molar-refractivity contribution < 1.29 is 19.2 Å². The van der Waals surface area contributed by atoms with Gasteiger partial charge in [0.2, 0.25) is 5.95 Å². The number of aliphatic hydroxyl groups excluding tert-OH is 1. The average molecular weight is 465 g/mol. The molecule has 0 radical (unpaired) electrons. The quantitative estimate of drug-likeness (QED) is 0.594. The molecule has 10 heteroatoms. The maximum absolute atomic E-state index is 12.6. The van der Waals surface area contributed by atoms with E-state index in [-0.39, 0.29) is 6.61 Å². The Labute approximate surface area is 188 Å². The van der Waals surface area contributed by atoms with Gasteiger partial charge in [-0.3, -0.25) is 4.21 Å². The van der Waals surface area contributed by atoms with E-state index in [1.807, 2.05) is 11.0 Å². The van der Waals surface area contributed by atoms with Crippen LogP contribution in [0, 0.1) is 0 Å². The normalized spacial score (nSPS) is 23.0. The van der Waals surface area contributed by atoms with Crippen molar-refractivity contribution in [3.05, 3.63) is 34.5 Å². The zero-order chi connectivity index (χ0) is 21.8. The second-order valence-electron chi connectivity index (χ2n) is 8.60. The van der Waals surface area contributed by atoms with Crippen LogP contribution in [0.5, 0.6) is 5.75 Å². The third-order valence-corrected chi connectivity index (χ3v) is 8.30. The molecule has 3 N–H and O–H groups in total. The lowest BCUT2D eigenvalue weighted by Crippen LogP contribution is -2.60. The van der Waals surface area contributed by atoms with Crippen molar-refractivity contribution in [3.8, 4) is 5.75 Å². The molecule has 3 heterocycles. The highest BCUT2D eigenvalue weighted by molar-refractivity contribution is 7.85.